The van der Waals surface area contributed by atoms with Gasteiger partial charge in [0.05, 0.1) is 15.7 Å². The molecule has 0 saturated carbocycles. The summed E-state index contributed by atoms with van der Waals surface area (Å²) in [4.78, 5) is 17.8. The maximum absolute atomic E-state index is 13.9. The predicted molar refractivity (Wildman–Crippen MR) is 136 cm³/mol. The van der Waals surface area contributed by atoms with Crippen molar-refractivity contribution < 1.29 is 9.21 Å². The minimum Gasteiger partial charge on any atom is -0.460 e. The van der Waals surface area contributed by atoms with Crippen molar-refractivity contribution in [1.29, 1.82) is 0 Å². The molecule has 2 aromatic carbocycles. The van der Waals surface area contributed by atoms with Crippen molar-refractivity contribution in [2.24, 2.45) is 0 Å². The van der Waals surface area contributed by atoms with E-state index in [0.29, 0.717) is 46.0 Å². The van der Waals surface area contributed by atoms with Gasteiger partial charge in [-0.3, -0.25) is 4.79 Å². The van der Waals surface area contributed by atoms with E-state index in [-0.39, 0.29) is 5.91 Å². The number of aromatic nitrogens is 2. The molecule has 6 nitrogen and oxygen atoms in total. The standard InChI is InChI=1S/C26H26Cl2N4O2/c1-18-9-12-25(34-18)23-16-24(32(29-23)20-10-11-21(27)22(28)15-20)26(33)31(14-13-30(2)3)17-19-7-5-4-6-8-19/h4-12,15-16H,13-14,17H2,1-3H3. The minimum atomic E-state index is -0.140. The number of furan rings is 1. The largest absolute Gasteiger partial charge is 0.460 e. The van der Waals surface area contributed by atoms with Crippen LogP contribution in [-0.4, -0.2) is 52.7 Å². The van der Waals surface area contributed by atoms with Crippen LogP contribution in [-0.2, 0) is 6.54 Å². The van der Waals surface area contributed by atoms with Crippen LogP contribution in [0.1, 0.15) is 21.8 Å². The lowest BCUT2D eigenvalue weighted by atomic mass is 10.2. The van der Waals surface area contributed by atoms with Crippen molar-refractivity contribution in [3.05, 3.63) is 93.8 Å². The fourth-order valence-electron chi connectivity index (χ4n) is 3.58. The molecular weight excluding hydrogens is 471 g/mol. The molecule has 0 fully saturated rings. The van der Waals surface area contributed by atoms with Crippen molar-refractivity contribution >= 4 is 29.1 Å². The summed E-state index contributed by atoms with van der Waals surface area (Å²) in [5, 5.41) is 5.52. The molecular formula is C26H26Cl2N4O2. The number of carbonyl (C=O) groups is 1. The van der Waals surface area contributed by atoms with Crippen molar-refractivity contribution in [1.82, 2.24) is 19.6 Å². The van der Waals surface area contributed by atoms with Gasteiger partial charge in [0.2, 0.25) is 0 Å². The van der Waals surface area contributed by atoms with E-state index in [0.717, 1.165) is 17.9 Å². The van der Waals surface area contributed by atoms with E-state index >= 15 is 0 Å². The van der Waals surface area contributed by atoms with E-state index in [1.807, 2.05) is 68.4 Å². The summed E-state index contributed by atoms with van der Waals surface area (Å²) < 4.78 is 7.38. The van der Waals surface area contributed by atoms with Crippen LogP contribution in [0, 0.1) is 6.92 Å². The van der Waals surface area contributed by atoms with Crippen LogP contribution in [0.25, 0.3) is 17.1 Å². The molecule has 0 unspecified atom stereocenters. The van der Waals surface area contributed by atoms with Gasteiger partial charge in [0.1, 0.15) is 17.1 Å². The number of halogens is 2. The zero-order valence-electron chi connectivity index (χ0n) is 19.3. The van der Waals surface area contributed by atoms with Crippen LogP contribution in [0.4, 0.5) is 0 Å². The number of benzene rings is 2. The maximum atomic E-state index is 13.9. The molecule has 4 rings (SSSR count). The van der Waals surface area contributed by atoms with Gasteiger partial charge in [0, 0.05) is 25.7 Å². The Balaban J connectivity index is 1.77. The van der Waals surface area contributed by atoms with Gasteiger partial charge in [-0.25, -0.2) is 4.68 Å². The second-order valence-corrected chi connectivity index (χ2v) is 9.17. The van der Waals surface area contributed by atoms with Crippen LogP contribution in [0.5, 0.6) is 0 Å². The molecule has 0 bridgehead atoms. The summed E-state index contributed by atoms with van der Waals surface area (Å²) in [6.07, 6.45) is 0. The number of nitrogens with zero attached hydrogens (tertiary/aromatic N) is 4. The lowest BCUT2D eigenvalue weighted by Gasteiger charge is -2.25. The Hall–Kier alpha value is -3.06. The van der Waals surface area contributed by atoms with Gasteiger partial charge in [-0.2, -0.15) is 5.10 Å². The lowest BCUT2D eigenvalue weighted by Crippen LogP contribution is -2.37. The zero-order chi connectivity index (χ0) is 24.2. The summed E-state index contributed by atoms with van der Waals surface area (Å²) in [7, 11) is 3.98. The fraction of sp³-hybridized carbons (Fsp3) is 0.231. The third-order valence-corrected chi connectivity index (χ3v) is 6.13. The van der Waals surface area contributed by atoms with Gasteiger partial charge in [0.15, 0.2) is 5.76 Å². The van der Waals surface area contributed by atoms with Crippen LogP contribution in [0.2, 0.25) is 10.0 Å². The minimum absolute atomic E-state index is 0.140. The fourth-order valence-corrected chi connectivity index (χ4v) is 3.87. The molecule has 0 atom stereocenters. The Labute approximate surface area is 209 Å². The van der Waals surface area contributed by atoms with Crippen molar-refractivity contribution in [2.75, 3.05) is 27.2 Å². The highest BCUT2D eigenvalue weighted by Crippen LogP contribution is 2.28. The van der Waals surface area contributed by atoms with E-state index in [1.54, 1.807) is 28.9 Å². The first-order valence-corrected chi connectivity index (χ1v) is 11.7. The SMILES string of the molecule is Cc1ccc(-c2cc(C(=O)N(CCN(C)C)Cc3ccccc3)n(-c3ccc(Cl)c(Cl)c3)n2)o1. The summed E-state index contributed by atoms with van der Waals surface area (Å²) in [6, 6.07) is 20.6. The predicted octanol–water partition coefficient (Wildman–Crippen LogP) is 5.95. The molecule has 0 spiro atoms. The molecule has 34 heavy (non-hydrogen) atoms. The highest BCUT2D eigenvalue weighted by atomic mass is 35.5. The molecule has 4 aromatic rings. The first-order chi connectivity index (χ1) is 16.3. The number of likely N-dealkylation sites (N-methyl/N-ethyl adjacent to an activating group) is 1. The number of amides is 1. The smallest absolute Gasteiger partial charge is 0.272 e. The summed E-state index contributed by atoms with van der Waals surface area (Å²) >= 11 is 12.4. The molecule has 0 radical (unpaired) electrons. The topological polar surface area (TPSA) is 54.5 Å². The average Bonchev–Trinajstić information content (AvgIpc) is 3.45. The van der Waals surface area contributed by atoms with Crippen molar-refractivity contribution in [3.8, 4) is 17.1 Å². The highest BCUT2D eigenvalue weighted by Gasteiger charge is 2.24. The van der Waals surface area contributed by atoms with E-state index in [9.17, 15) is 4.79 Å². The molecule has 176 valence electrons. The second-order valence-electron chi connectivity index (χ2n) is 8.35. The Morgan fingerprint density at radius 3 is 2.38 bits per heavy atom. The van der Waals surface area contributed by atoms with Crippen LogP contribution >= 0.6 is 23.2 Å². The highest BCUT2D eigenvalue weighted by molar-refractivity contribution is 6.42. The van der Waals surface area contributed by atoms with E-state index in [2.05, 4.69) is 4.90 Å². The van der Waals surface area contributed by atoms with Gasteiger partial charge in [-0.1, -0.05) is 53.5 Å². The van der Waals surface area contributed by atoms with E-state index in [4.69, 9.17) is 32.7 Å². The number of carbonyl (C=O) groups excluding carboxylic acids is 1. The third-order valence-electron chi connectivity index (χ3n) is 5.39. The average molecular weight is 497 g/mol. The number of hydrogen-bond donors (Lipinski definition) is 0. The van der Waals surface area contributed by atoms with Gasteiger partial charge >= 0.3 is 0 Å². The normalized spacial score (nSPS) is 11.2. The molecule has 2 heterocycles. The Bertz CT molecular complexity index is 1280. The second kappa shape index (κ2) is 10.5. The quantitative estimate of drug-likeness (QED) is 0.302. The number of aryl methyl sites for hydroxylation is 1. The van der Waals surface area contributed by atoms with Gasteiger partial charge in [0.25, 0.3) is 5.91 Å². The number of hydrogen-bond acceptors (Lipinski definition) is 4. The molecule has 0 aliphatic carbocycles. The van der Waals surface area contributed by atoms with E-state index < -0.39 is 0 Å². The van der Waals surface area contributed by atoms with Crippen LogP contribution in [0.15, 0.2) is 71.1 Å². The Kier molecular flexibility index (Phi) is 7.41. The molecule has 0 N–H and O–H groups in total. The zero-order valence-corrected chi connectivity index (χ0v) is 20.8. The molecule has 0 aliphatic rings. The third kappa shape index (κ3) is 5.53. The first-order valence-electron chi connectivity index (χ1n) is 10.9. The summed E-state index contributed by atoms with van der Waals surface area (Å²) in [5.74, 6) is 1.22. The maximum Gasteiger partial charge on any atom is 0.272 e. The lowest BCUT2D eigenvalue weighted by molar-refractivity contribution is 0.0722. The molecule has 8 heteroatoms. The van der Waals surface area contributed by atoms with Crippen molar-refractivity contribution in [3.63, 3.8) is 0 Å². The monoisotopic (exact) mass is 496 g/mol. The molecule has 1 amide bonds. The van der Waals surface area contributed by atoms with Crippen LogP contribution < -0.4 is 0 Å². The first kappa shape index (κ1) is 24.1. The van der Waals surface area contributed by atoms with Crippen LogP contribution in [0.3, 0.4) is 0 Å². The molecule has 2 aromatic heterocycles. The molecule has 0 aliphatic heterocycles. The van der Waals surface area contributed by atoms with Crippen molar-refractivity contribution in [2.45, 2.75) is 13.5 Å². The van der Waals surface area contributed by atoms with Gasteiger partial charge < -0.3 is 14.2 Å². The molecule has 0 saturated heterocycles. The summed E-state index contributed by atoms with van der Waals surface area (Å²) in [5.41, 5.74) is 2.67. The van der Waals surface area contributed by atoms with Gasteiger partial charge in [-0.05, 0) is 56.9 Å². The van der Waals surface area contributed by atoms with Gasteiger partial charge in [-0.15, -0.1) is 0 Å². The summed E-state index contributed by atoms with van der Waals surface area (Å²) in [6.45, 7) is 3.63. The Morgan fingerprint density at radius 1 is 0.971 bits per heavy atom. The Morgan fingerprint density at radius 2 is 1.74 bits per heavy atom. The van der Waals surface area contributed by atoms with E-state index in [1.165, 1.54) is 0 Å². The number of rotatable bonds is 8.